The van der Waals surface area contributed by atoms with E-state index in [4.69, 9.17) is 4.42 Å². The van der Waals surface area contributed by atoms with Gasteiger partial charge in [0, 0.05) is 0 Å². The van der Waals surface area contributed by atoms with Gasteiger partial charge in [-0.05, 0) is 31.5 Å². The molecule has 5 heteroatoms. The summed E-state index contributed by atoms with van der Waals surface area (Å²) in [5.41, 5.74) is 2.63. The van der Waals surface area contributed by atoms with Crippen LogP contribution in [0.5, 0.6) is 0 Å². The average molecular weight is 326 g/mol. The molecule has 3 rings (SSSR count). The van der Waals surface area contributed by atoms with Gasteiger partial charge in [-0.15, -0.1) is 0 Å². The SMILES string of the molecule is CC(Sc1nc2ccccc2o1)C(=O)NC(C)c1ccccc1. The number of thioether (sulfide) groups is 1. The normalized spacial score (nSPS) is 13.7. The topological polar surface area (TPSA) is 55.1 Å². The molecule has 1 aromatic heterocycles. The Bertz CT molecular complexity index is 768. The second kappa shape index (κ2) is 6.87. The number of carbonyl (C=O) groups excluding carboxylic acids is 1. The fourth-order valence-electron chi connectivity index (χ4n) is 2.26. The molecule has 3 aromatic rings. The van der Waals surface area contributed by atoms with Crippen LogP contribution in [0.4, 0.5) is 0 Å². The smallest absolute Gasteiger partial charge is 0.257 e. The van der Waals surface area contributed by atoms with Gasteiger partial charge in [0.1, 0.15) is 5.52 Å². The molecule has 2 unspecified atom stereocenters. The summed E-state index contributed by atoms with van der Waals surface area (Å²) >= 11 is 1.32. The monoisotopic (exact) mass is 326 g/mol. The Morgan fingerprint density at radius 2 is 1.78 bits per heavy atom. The molecular formula is C18H18N2O2S. The van der Waals surface area contributed by atoms with Crippen molar-refractivity contribution in [2.24, 2.45) is 0 Å². The summed E-state index contributed by atoms with van der Waals surface area (Å²) in [6.07, 6.45) is 0. The number of nitrogens with zero attached hydrogens (tertiary/aromatic N) is 1. The Balaban J connectivity index is 1.63. The van der Waals surface area contributed by atoms with Crippen LogP contribution in [0.3, 0.4) is 0 Å². The highest BCUT2D eigenvalue weighted by Gasteiger charge is 2.19. The molecule has 4 nitrogen and oxygen atoms in total. The number of hydrogen-bond donors (Lipinski definition) is 1. The van der Waals surface area contributed by atoms with E-state index in [1.165, 1.54) is 11.8 Å². The largest absolute Gasteiger partial charge is 0.431 e. The number of aromatic nitrogens is 1. The molecule has 0 spiro atoms. The molecule has 0 saturated carbocycles. The maximum Gasteiger partial charge on any atom is 0.257 e. The Morgan fingerprint density at radius 1 is 1.09 bits per heavy atom. The third kappa shape index (κ3) is 3.74. The van der Waals surface area contributed by atoms with Crippen LogP contribution in [0.25, 0.3) is 11.1 Å². The van der Waals surface area contributed by atoms with Crippen molar-refractivity contribution < 1.29 is 9.21 Å². The molecule has 1 amide bonds. The van der Waals surface area contributed by atoms with Crippen molar-refractivity contribution in [3.8, 4) is 0 Å². The molecule has 0 aliphatic rings. The molecule has 0 fully saturated rings. The van der Waals surface area contributed by atoms with Crippen molar-refractivity contribution >= 4 is 28.8 Å². The molecule has 23 heavy (non-hydrogen) atoms. The van der Waals surface area contributed by atoms with Gasteiger partial charge >= 0.3 is 0 Å². The van der Waals surface area contributed by atoms with Crippen LogP contribution in [0.2, 0.25) is 0 Å². The Labute approximate surface area is 139 Å². The van der Waals surface area contributed by atoms with Gasteiger partial charge < -0.3 is 9.73 Å². The van der Waals surface area contributed by atoms with E-state index in [1.807, 2.05) is 68.4 Å². The third-order valence-electron chi connectivity index (χ3n) is 3.58. The molecule has 1 heterocycles. The van der Waals surface area contributed by atoms with Crippen LogP contribution >= 0.6 is 11.8 Å². The summed E-state index contributed by atoms with van der Waals surface area (Å²) < 4.78 is 5.65. The lowest BCUT2D eigenvalue weighted by Gasteiger charge is -2.16. The zero-order valence-corrected chi connectivity index (χ0v) is 13.8. The van der Waals surface area contributed by atoms with E-state index >= 15 is 0 Å². The number of hydrogen-bond acceptors (Lipinski definition) is 4. The van der Waals surface area contributed by atoms with Crippen LogP contribution in [0, 0.1) is 0 Å². The number of fused-ring (bicyclic) bond motifs is 1. The molecule has 2 atom stereocenters. The van der Waals surface area contributed by atoms with Gasteiger partial charge in [-0.3, -0.25) is 4.79 Å². The van der Waals surface area contributed by atoms with Gasteiger partial charge in [0.15, 0.2) is 5.58 Å². The highest BCUT2D eigenvalue weighted by molar-refractivity contribution is 8.00. The van der Waals surface area contributed by atoms with Crippen molar-refractivity contribution in [1.82, 2.24) is 10.3 Å². The second-order valence-electron chi connectivity index (χ2n) is 5.35. The van der Waals surface area contributed by atoms with Crippen molar-refractivity contribution in [2.45, 2.75) is 30.4 Å². The quantitative estimate of drug-likeness (QED) is 0.714. The van der Waals surface area contributed by atoms with Crippen LogP contribution in [-0.2, 0) is 4.79 Å². The van der Waals surface area contributed by atoms with E-state index < -0.39 is 0 Å². The molecule has 0 saturated heterocycles. The minimum Gasteiger partial charge on any atom is -0.431 e. The van der Waals surface area contributed by atoms with E-state index in [1.54, 1.807) is 0 Å². The molecule has 0 aliphatic heterocycles. The molecule has 2 aromatic carbocycles. The molecule has 118 valence electrons. The van der Waals surface area contributed by atoms with E-state index in [9.17, 15) is 4.79 Å². The lowest BCUT2D eigenvalue weighted by atomic mass is 10.1. The predicted molar refractivity (Wildman–Crippen MR) is 92.3 cm³/mol. The van der Waals surface area contributed by atoms with Gasteiger partial charge in [0.05, 0.1) is 11.3 Å². The second-order valence-corrected chi connectivity index (χ2v) is 6.64. The van der Waals surface area contributed by atoms with E-state index in [0.717, 1.165) is 16.7 Å². The molecule has 0 aliphatic carbocycles. The Kier molecular flexibility index (Phi) is 4.67. The molecule has 0 bridgehead atoms. The summed E-state index contributed by atoms with van der Waals surface area (Å²) in [4.78, 5) is 16.7. The molecule has 0 radical (unpaired) electrons. The van der Waals surface area contributed by atoms with Crippen molar-refractivity contribution in [3.05, 3.63) is 60.2 Å². The summed E-state index contributed by atoms with van der Waals surface area (Å²) in [6.45, 7) is 3.83. The molecule has 1 N–H and O–H groups in total. The first kappa shape index (κ1) is 15.6. The highest BCUT2D eigenvalue weighted by atomic mass is 32.2. The average Bonchev–Trinajstić information content (AvgIpc) is 2.97. The first-order chi connectivity index (χ1) is 11.1. The van der Waals surface area contributed by atoms with Crippen LogP contribution in [-0.4, -0.2) is 16.1 Å². The highest BCUT2D eigenvalue weighted by Crippen LogP contribution is 2.27. The maximum atomic E-state index is 12.3. The van der Waals surface area contributed by atoms with Gasteiger partial charge in [-0.25, -0.2) is 4.98 Å². The van der Waals surface area contributed by atoms with E-state index in [2.05, 4.69) is 10.3 Å². The Hall–Kier alpha value is -2.27. The molecular weight excluding hydrogens is 308 g/mol. The van der Waals surface area contributed by atoms with Crippen molar-refractivity contribution in [1.29, 1.82) is 0 Å². The summed E-state index contributed by atoms with van der Waals surface area (Å²) in [7, 11) is 0. The number of oxazole rings is 1. The zero-order valence-electron chi connectivity index (χ0n) is 13.0. The Morgan fingerprint density at radius 3 is 2.52 bits per heavy atom. The van der Waals surface area contributed by atoms with Crippen LogP contribution in [0.15, 0.2) is 64.2 Å². The third-order valence-corrected chi connectivity index (χ3v) is 4.52. The van der Waals surface area contributed by atoms with E-state index in [0.29, 0.717) is 5.22 Å². The van der Waals surface area contributed by atoms with Crippen molar-refractivity contribution in [2.75, 3.05) is 0 Å². The number of para-hydroxylation sites is 2. The minimum absolute atomic E-state index is 0.0321. The van der Waals surface area contributed by atoms with Crippen LogP contribution < -0.4 is 5.32 Å². The standard InChI is InChI=1S/C18H18N2O2S/c1-12(14-8-4-3-5-9-14)19-17(21)13(2)23-18-20-15-10-6-7-11-16(15)22-18/h3-13H,1-2H3,(H,19,21). The first-order valence-corrected chi connectivity index (χ1v) is 8.39. The fraction of sp³-hybridized carbons (Fsp3) is 0.222. The van der Waals surface area contributed by atoms with Gasteiger partial charge in [0.25, 0.3) is 5.22 Å². The van der Waals surface area contributed by atoms with E-state index in [-0.39, 0.29) is 17.2 Å². The lowest BCUT2D eigenvalue weighted by Crippen LogP contribution is -2.33. The van der Waals surface area contributed by atoms with Crippen LogP contribution in [0.1, 0.15) is 25.5 Å². The van der Waals surface area contributed by atoms with Gasteiger partial charge in [-0.2, -0.15) is 0 Å². The fourth-order valence-corrected chi connectivity index (χ4v) is 3.03. The predicted octanol–water partition coefficient (Wildman–Crippen LogP) is 4.19. The number of nitrogens with one attached hydrogen (secondary N) is 1. The van der Waals surface area contributed by atoms with Gasteiger partial charge in [-0.1, -0.05) is 54.2 Å². The number of amides is 1. The number of benzene rings is 2. The summed E-state index contributed by atoms with van der Waals surface area (Å²) in [6, 6.07) is 17.5. The summed E-state index contributed by atoms with van der Waals surface area (Å²) in [5.74, 6) is -0.0337. The lowest BCUT2D eigenvalue weighted by molar-refractivity contribution is -0.120. The minimum atomic E-state index is -0.283. The number of rotatable bonds is 5. The first-order valence-electron chi connectivity index (χ1n) is 7.51. The van der Waals surface area contributed by atoms with Crippen molar-refractivity contribution in [3.63, 3.8) is 0 Å². The summed E-state index contributed by atoms with van der Waals surface area (Å²) in [5, 5.41) is 3.25. The zero-order chi connectivity index (χ0) is 16.2. The van der Waals surface area contributed by atoms with Gasteiger partial charge in [0.2, 0.25) is 5.91 Å². The maximum absolute atomic E-state index is 12.3. The number of carbonyl (C=O) groups is 1.